The van der Waals surface area contributed by atoms with Gasteiger partial charge < -0.3 is 10.2 Å². The van der Waals surface area contributed by atoms with E-state index in [0.29, 0.717) is 0 Å². The molecule has 0 amide bonds. The first-order chi connectivity index (χ1) is 5.44. The van der Waals surface area contributed by atoms with Crippen molar-refractivity contribution in [2.45, 2.75) is 11.8 Å². The van der Waals surface area contributed by atoms with Crippen molar-refractivity contribution in [3.63, 3.8) is 0 Å². The molecule has 3 N–H and O–H groups in total. The zero-order valence-electron chi connectivity index (χ0n) is 5.94. The molecule has 12 heavy (non-hydrogen) atoms. The minimum atomic E-state index is -4.72. The third-order valence-electron chi connectivity index (χ3n) is 1.01. The fraction of sp³-hybridized carbons (Fsp3) is 1.00. The first kappa shape index (κ1) is 11.7. The molecule has 0 saturated carbocycles. The van der Waals surface area contributed by atoms with Crippen molar-refractivity contribution < 1.29 is 27.4 Å². The van der Waals surface area contributed by atoms with Crippen molar-refractivity contribution in [1.82, 2.24) is 4.72 Å². The minimum absolute atomic E-state index is 0.734. The predicted octanol–water partition coefficient (Wildman–Crippen LogP) is -1.52. The first-order valence-corrected chi connectivity index (χ1v) is 4.49. The lowest BCUT2D eigenvalue weighted by Crippen LogP contribution is -2.42. The van der Waals surface area contributed by atoms with E-state index in [1.807, 2.05) is 0 Å². The Morgan fingerprint density at radius 2 is 1.67 bits per heavy atom. The van der Waals surface area contributed by atoms with E-state index in [0.717, 1.165) is 0 Å². The highest BCUT2D eigenvalue weighted by molar-refractivity contribution is 7.89. The van der Waals surface area contributed by atoms with Crippen LogP contribution >= 0.6 is 0 Å². The van der Waals surface area contributed by atoms with Gasteiger partial charge in [0.1, 0.15) is 0 Å². The fourth-order valence-electron chi connectivity index (χ4n) is 0.416. The van der Waals surface area contributed by atoms with E-state index in [2.05, 4.69) is 0 Å². The van der Waals surface area contributed by atoms with E-state index < -0.39 is 35.0 Å². The Kier molecular flexibility index (Phi) is 4.53. The summed E-state index contributed by atoms with van der Waals surface area (Å²) in [5.74, 6) is -3.56. The average Bonchev–Trinajstić information content (AvgIpc) is 2.00. The van der Waals surface area contributed by atoms with E-state index in [-0.39, 0.29) is 0 Å². The third-order valence-corrected chi connectivity index (χ3v) is 2.14. The van der Waals surface area contributed by atoms with Crippen molar-refractivity contribution in [1.29, 1.82) is 0 Å². The molecule has 0 saturated heterocycles. The maximum Gasteiger partial charge on any atom is 0.350 e. The topological polar surface area (TPSA) is 86.6 Å². The molecular formula is C4H9F2NO4S. The second-order valence-electron chi connectivity index (χ2n) is 1.99. The van der Waals surface area contributed by atoms with Gasteiger partial charge >= 0.3 is 5.76 Å². The maximum atomic E-state index is 11.6. The summed E-state index contributed by atoms with van der Waals surface area (Å²) in [4.78, 5) is 0. The Morgan fingerprint density at radius 1 is 1.25 bits per heavy atom. The highest BCUT2D eigenvalue weighted by Crippen LogP contribution is 2.02. The van der Waals surface area contributed by atoms with Crippen molar-refractivity contribution in [3.8, 4) is 0 Å². The number of rotatable bonds is 5. The number of hydrogen-bond acceptors (Lipinski definition) is 4. The average molecular weight is 205 g/mol. The summed E-state index contributed by atoms with van der Waals surface area (Å²) >= 11 is 0. The smallest absolute Gasteiger partial charge is 0.350 e. The van der Waals surface area contributed by atoms with E-state index in [4.69, 9.17) is 10.2 Å². The van der Waals surface area contributed by atoms with Crippen LogP contribution < -0.4 is 4.72 Å². The van der Waals surface area contributed by atoms with Crippen LogP contribution in [0.2, 0.25) is 0 Å². The van der Waals surface area contributed by atoms with Crippen molar-refractivity contribution >= 4 is 10.0 Å². The molecule has 74 valence electrons. The molecule has 5 nitrogen and oxygen atoms in total. The molecule has 0 bridgehead atoms. The van der Waals surface area contributed by atoms with E-state index in [9.17, 15) is 17.2 Å². The number of aliphatic hydroxyl groups is 2. The summed E-state index contributed by atoms with van der Waals surface area (Å²) in [5, 5.41) is 16.7. The number of alkyl halides is 2. The molecule has 0 aliphatic heterocycles. The van der Waals surface area contributed by atoms with Gasteiger partial charge in [0.2, 0.25) is 0 Å². The molecule has 0 spiro atoms. The monoisotopic (exact) mass is 205 g/mol. The highest BCUT2D eigenvalue weighted by Gasteiger charge is 2.26. The Labute approximate surface area is 68.1 Å². The quantitative estimate of drug-likeness (QED) is 0.509. The molecule has 0 rings (SSSR count). The van der Waals surface area contributed by atoms with Gasteiger partial charge in [-0.25, -0.2) is 13.1 Å². The SMILES string of the molecule is O=S(=O)(NC(CO)CO)C(F)F. The molecule has 8 heteroatoms. The van der Waals surface area contributed by atoms with Gasteiger partial charge in [0.25, 0.3) is 10.0 Å². The molecule has 0 unspecified atom stereocenters. The third kappa shape index (κ3) is 3.39. The zero-order chi connectivity index (χ0) is 9.78. The summed E-state index contributed by atoms with van der Waals surface area (Å²) < 4.78 is 45.4. The summed E-state index contributed by atoms with van der Waals surface area (Å²) in [6.07, 6.45) is 0. The lowest BCUT2D eigenvalue weighted by Gasteiger charge is -2.12. The number of nitrogens with one attached hydrogen (secondary N) is 1. The summed E-state index contributed by atoms with van der Waals surface area (Å²) in [5.41, 5.74) is 0. The molecule has 0 heterocycles. The summed E-state index contributed by atoms with van der Waals surface area (Å²) in [6.45, 7) is -1.47. The summed E-state index contributed by atoms with van der Waals surface area (Å²) in [6, 6.07) is -1.27. The van der Waals surface area contributed by atoms with Crippen LogP contribution in [0.25, 0.3) is 0 Å². The molecule has 0 aliphatic carbocycles. The molecule has 0 aliphatic rings. The van der Waals surface area contributed by atoms with Gasteiger partial charge in [-0.2, -0.15) is 8.78 Å². The van der Waals surface area contributed by atoms with E-state index in [1.165, 1.54) is 4.72 Å². The second kappa shape index (κ2) is 4.65. The zero-order valence-corrected chi connectivity index (χ0v) is 6.76. The molecule has 0 fully saturated rings. The predicted molar refractivity (Wildman–Crippen MR) is 36.0 cm³/mol. The molecule has 0 radical (unpaired) electrons. The fourth-order valence-corrected chi connectivity index (χ4v) is 1.13. The number of sulfonamides is 1. The number of halogens is 2. The van der Waals surface area contributed by atoms with Gasteiger partial charge in [-0.05, 0) is 0 Å². The van der Waals surface area contributed by atoms with Gasteiger partial charge in [0, 0.05) is 0 Å². The van der Waals surface area contributed by atoms with Crippen LogP contribution in [0, 0.1) is 0 Å². The molecular weight excluding hydrogens is 196 g/mol. The van der Waals surface area contributed by atoms with Gasteiger partial charge in [-0.15, -0.1) is 0 Å². The van der Waals surface area contributed by atoms with E-state index >= 15 is 0 Å². The second-order valence-corrected chi connectivity index (χ2v) is 3.67. The molecule has 0 aromatic carbocycles. The number of hydrogen-bond donors (Lipinski definition) is 3. The lowest BCUT2D eigenvalue weighted by atomic mass is 10.4. The van der Waals surface area contributed by atoms with Crippen molar-refractivity contribution in [2.24, 2.45) is 0 Å². The Balaban J connectivity index is 4.23. The first-order valence-electron chi connectivity index (χ1n) is 2.95. The van der Waals surface area contributed by atoms with Crippen LogP contribution in [0.3, 0.4) is 0 Å². The lowest BCUT2D eigenvalue weighted by molar-refractivity contribution is 0.179. The Bertz CT molecular complexity index is 213. The van der Waals surface area contributed by atoms with Crippen LogP contribution in [0.4, 0.5) is 8.78 Å². The Morgan fingerprint density at radius 3 is 1.92 bits per heavy atom. The maximum absolute atomic E-state index is 11.6. The van der Waals surface area contributed by atoms with Crippen LogP contribution in [0.5, 0.6) is 0 Å². The van der Waals surface area contributed by atoms with Gasteiger partial charge in [0.05, 0.1) is 19.3 Å². The van der Waals surface area contributed by atoms with Gasteiger partial charge in [0.15, 0.2) is 0 Å². The van der Waals surface area contributed by atoms with E-state index in [1.54, 1.807) is 0 Å². The highest BCUT2D eigenvalue weighted by atomic mass is 32.2. The largest absolute Gasteiger partial charge is 0.395 e. The van der Waals surface area contributed by atoms with Crippen LogP contribution in [-0.4, -0.2) is 43.6 Å². The van der Waals surface area contributed by atoms with Crippen molar-refractivity contribution in [3.05, 3.63) is 0 Å². The molecule has 0 atom stereocenters. The normalized spacial score (nSPS) is 12.8. The van der Waals surface area contributed by atoms with Crippen LogP contribution in [-0.2, 0) is 10.0 Å². The molecule has 0 aromatic heterocycles. The van der Waals surface area contributed by atoms with Crippen LogP contribution in [0.1, 0.15) is 0 Å². The van der Waals surface area contributed by atoms with Crippen molar-refractivity contribution in [2.75, 3.05) is 13.2 Å². The standard InChI is InChI=1S/C4H9F2NO4S/c5-4(6)12(10,11)7-3(1-8)2-9/h3-4,7-9H,1-2H2. The molecule has 0 aromatic rings. The van der Waals surface area contributed by atoms with Gasteiger partial charge in [-0.3, -0.25) is 0 Å². The Hall–Kier alpha value is -0.310. The van der Waals surface area contributed by atoms with Gasteiger partial charge in [-0.1, -0.05) is 0 Å². The number of aliphatic hydroxyl groups excluding tert-OH is 2. The minimum Gasteiger partial charge on any atom is -0.395 e. The summed E-state index contributed by atoms with van der Waals surface area (Å²) in [7, 11) is -4.72. The van der Waals surface area contributed by atoms with Crippen LogP contribution in [0.15, 0.2) is 0 Å².